The van der Waals surface area contributed by atoms with Gasteiger partial charge < -0.3 is 18.9 Å². The van der Waals surface area contributed by atoms with Gasteiger partial charge in [0.25, 0.3) is 0 Å². The normalized spacial score (nSPS) is 12.7. The zero-order chi connectivity index (χ0) is 15.5. The van der Waals surface area contributed by atoms with Crippen molar-refractivity contribution >= 4 is 23.5 Å². The number of rotatable bonds is 4. The third-order valence-electron chi connectivity index (χ3n) is 3.22. The summed E-state index contributed by atoms with van der Waals surface area (Å²) in [7, 11) is 3.19. The van der Waals surface area contributed by atoms with E-state index in [1.54, 1.807) is 38.6 Å². The van der Waals surface area contributed by atoms with Gasteiger partial charge in [-0.05, 0) is 18.2 Å². The summed E-state index contributed by atoms with van der Waals surface area (Å²) in [5, 5.41) is 0.542. The minimum Gasteiger partial charge on any atom is -0.497 e. The Labute approximate surface area is 133 Å². The zero-order valence-corrected chi connectivity index (χ0v) is 12.9. The molecule has 1 aliphatic heterocycles. The Bertz CT molecular complexity index is 730. The maximum atomic E-state index is 6.22. The fourth-order valence-corrected chi connectivity index (χ4v) is 2.26. The predicted octanol–water partition coefficient (Wildman–Crippen LogP) is 3.84. The molecule has 0 unspecified atom stereocenters. The highest BCUT2D eigenvalue weighted by atomic mass is 35.5. The van der Waals surface area contributed by atoms with E-state index in [4.69, 9.17) is 30.5 Å². The third-order valence-corrected chi connectivity index (χ3v) is 3.55. The highest BCUT2D eigenvalue weighted by molar-refractivity contribution is 6.33. The Morgan fingerprint density at radius 3 is 2.59 bits per heavy atom. The largest absolute Gasteiger partial charge is 0.497 e. The van der Waals surface area contributed by atoms with E-state index >= 15 is 0 Å². The molecule has 22 heavy (non-hydrogen) atoms. The van der Waals surface area contributed by atoms with Crippen molar-refractivity contribution in [1.29, 1.82) is 0 Å². The predicted molar refractivity (Wildman–Crippen MR) is 84.4 cm³/mol. The van der Waals surface area contributed by atoms with Crippen molar-refractivity contribution in [1.82, 2.24) is 0 Å². The molecule has 0 saturated carbocycles. The van der Waals surface area contributed by atoms with Crippen LogP contribution in [0.4, 0.5) is 5.69 Å². The molecule has 0 radical (unpaired) electrons. The molecule has 2 aromatic carbocycles. The molecule has 3 rings (SSSR count). The second-order valence-electron chi connectivity index (χ2n) is 4.52. The van der Waals surface area contributed by atoms with Crippen molar-refractivity contribution in [3.05, 3.63) is 40.9 Å². The Morgan fingerprint density at radius 1 is 1.09 bits per heavy atom. The van der Waals surface area contributed by atoms with Crippen LogP contribution in [0.25, 0.3) is 0 Å². The lowest BCUT2D eigenvalue weighted by Crippen LogP contribution is -1.92. The Kier molecular flexibility index (Phi) is 4.06. The molecule has 0 atom stereocenters. The van der Waals surface area contributed by atoms with Gasteiger partial charge in [-0.2, -0.15) is 0 Å². The van der Waals surface area contributed by atoms with Crippen molar-refractivity contribution in [3.63, 3.8) is 0 Å². The molecule has 114 valence electrons. The first kappa shape index (κ1) is 14.5. The number of hydrogen-bond acceptors (Lipinski definition) is 5. The van der Waals surface area contributed by atoms with E-state index in [0.717, 1.165) is 5.56 Å². The van der Waals surface area contributed by atoms with Crippen LogP contribution in [0.3, 0.4) is 0 Å². The molecule has 0 fully saturated rings. The van der Waals surface area contributed by atoms with E-state index in [0.29, 0.717) is 33.7 Å². The van der Waals surface area contributed by atoms with Crippen molar-refractivity contribution in [3.8, 4) is 23.0 Å². The second-order valence-corrected chi connectivity index (χ2v) is 4.93. The van der Waals surface area contributed by atoms with Gasteiger partial charge in [0.2, 0.25) is 6.79 Å². The number of fused-ring (bicyclic) bond motifs is 1. The van der Waals surface area contributed by atoms with Crippen molar-refractivity contribution in [2.24, 2.45) is 4.99 Å². The first-order valence-corrected chi connectivity index (χ1v) is 6.94. The number of benzene rings is 2. The molecule has 0 spiro atoms. The molecular weight excluding hydrogens is 306 g/mol. The summed E-state index contributed by atoms with van der Waals surface area (Å²) in [6.07, 6.45) is 1.66. The summed E-state index contributed by atoms with van der Waals surface area (Å²) in [6, 6.07) is 8.92. The van der Waals surface area contributed by atoms with Crippen LogP contribution in [0.5, 0.6) is 23.0 Å². The van der Waals surface area contributed by atoms with Gasteiger partial charge in [-0.1, -0.05) is 11.6 Å². The summed E-state index contributed by atoms with van der Waals surface area (Å²) in [6.45, 7) is 0.207. The summed E-state index contributed by atoms with van der Waals surface area (Å²) < 4.78 is 21.1. The average Bonchev–Trinajstić information content (AvgIpc) is 2.99. The smallest absolute Gasteiger partial charge is 0.231 e. The lowest BCUT2D eigenvalue weighted by molar-refractivity contribution is 0.174. The van der Waals surface area contributed by atoms with Crippen LogP contribution in [-0.2, 0) is 0 Å². The summed E-state index contributed by atoms with van der Waals surface area (Å²) >= 11 is 6.22. The highest BCUT2D eigenvalue weighted by Crippen LogP contribution is 2.37. The number of aliphatic imine (C=N–C) groups is 1. The maximum absolute atomic E-state index is 6.22. The number of ether oxygens (including phenoxy) is 4. The van der Waals surface area contributed by atoms with Gasteiger partial charge in [-0.25, -0.2) is 0 Å². The second kappa shape index (κ2) is 6.15. The number of methoxy groups -OCH3 is 2. The summed E-state index contributed by atoms with van der Waals surface area (Å²) in [5.41, 5.74) is 1.42. The molecule has 1 heterocycles. The van der Waals surface area contributed by atoms with Gasteiger partial charge in [0.15, 0.2) is 11.5 Å². The first-order valence-electron chi connectivity index (χ1n) is 6.56. The van der Waals surface area contributed by atoms with E-state index in [2.05, 4.69) is 4.99 Å². The number of hydrogen-bond donors (Lipinski definition) is 0. The molecule has 0 aromatic heterocycles. The molecule has 0 N–H and O–H groups in total. The molecule has 2 aromatic rings. The molecule has 0 saturated heterocycles. The average molecular weight is 320 g/mol. The standard InChI is InChI=1S/C16H14ClNO4/c1-19-11-3-4-13(14(6-11)20-2)18-8-10-5-15-16(7-12(10)17)22-9-21-15/h3-8H,9H2,1-2H3. The molecule has 1 aliphatic rings. The van der Waals surface area contributed by atoms with Crippen molar-refractivity contribution in [2.75, 3.05) is 21.0 Å². The van der Waals surface area contributed by atoms with E-state index in [1.165, 1.54) is 0 Å². The Morgan fingerprint density at radius 2 is 1.86 bits per heavy atom. The van der Waals surface area contributed by atoms with Crippen LogP contribution in [-0.4, -0.2) is 27.2 Å². The van der Waals surface area contributed by atoms with Crippen LogP contribution in [0.15, 0.2) is 35.3 Å². The zero-order valence-electron chi connectivity index (χ0n) is 12.1. The summed E-state index contributed by atoms with van der Waals surface area (Å²) in [4.78, 5) is 4.42. The lowest BCUT2D eigenvalue weighted by Gasteiger charge is -2.07. The molecule has 6 heteroatoms. The Balaban J connectivity index is 1.91. The lowest BCUT2D eigenvalue weighted by atomic mass is 10.2. The van der Waals surface area contributed by atoms with Crippen molar-refractivity contribution in [2.45, 2.75) is 0 Å². The quantitative estimate of drug-likeness (QED) is 0.803. The molecule has 0 bridgehead atoms. The van der Waals surface area contributed by atoms with Gasteiger partial charge in [0, 0.05) is 23.9 Å². The van der Waals surface area contributed by atoms with Gasteiger partial charge in [-0.15, -0.1) is 0 Å². The van der Waals surface area contributed by atoms with Crippen LogP contribution < -0.4 is 18.9 Å². The van der Waals surface area contributed by atoms with Crippen LogP contribution in [0.2, 0.25) is 5.02 Å². The van der Waals surface area contributed by atoms with Crippen molar-refractivity contribution < 1.29 is 18.9 Å². The monoisotopic (exact) mass is 319 g/mol. The van der Waals surface area contributed by atoms with Gasteiger partial charge in [0.1, 0.15) is 17.2 Å². The first-order chi connectivity index (χ1) is 10.7. The third kappa shape index (κ3) is 2.80. The minimum atomic E-state index is 0.207. The van der Waals surface area contributed by atoms with E-state index in [1.807, 2.05) is 12.1 Å². The van der Waals surface area contributed by atoms with Crippen LogP contribution in [0, 0.1) is 0 Å². The fraction of sp³-hybridized carbons (Fsp3) is 0.188. The van der Waals surface area contributed by atoms with E-state index < -0.39 is 0 Å². The van der Waals surface area contributed by atoms with Gasteiger partial charge >= 0.3 is 0 Å². The number of halogens is 1. The van der Waals surface area contributed by atoms with Crippen LogP contribution >= 0.6 is 11.6 Å². The molecule has 5 nitrogen and oxygen atoms in total. The van der Waals surface area contributed by atoms with E-state index in [-0.39, 0.29) is 6.79 Å². The fourth-order valence-electron chi connectivity index (χ4n) is 2.06. The maximum Gasteiger partial charge on any atom is 0.231 e. The topological polar surface area (TPSA) is 49.3 Å². The van der Waals surface area contributed by atoms with Gasteiger partial charge in [-0.3, -0.25) is 4.99 Å². The van der Waals surface area contributed by atoms with E-state index in [9.17, 15) is 0 Å². The van der Waals surface area contributed by atoms with Gasteiger partial charge in [0.05, 0.1) is 19.2 Å². The minimum absolute atomic E-state index is 0.207. The Hall–Kier alpha value is -2.40. The number of nitrogens with zero attached hydrogens (tertiary/aromatic N) is 1. The molecule has 0 amide bonds. The van der Waals surface area contributed by atoms with Crippen LogP contribution in [0.1, 0.15) is 5.56 Å². The molecular formula is C16H14ClNO4. The highest BCUT2D eigenvalue weighted by Gasteiger charge is 2.15. The molecule has 0 aliphatic carbocycles. The summed E-state index contributed by atoms with van der Waals surface area (Å²) in [5.74, 6) is 2.63. The SMILES string of the molecule is COc1ccc(N=Cc2cc3c(cc2Cl)OCO3)c(OC)c1.